The van der Waals surface area contributed by atoms with Crippen molar-refractivity contribution in [1.82, 2.24) is 14.5 Å². The number of rotatable bonds is 8. The average molecular weight is 415 g/mol. The van der Waals surface area contributed by atoms with E-state index in [-0.39, 0.29) is 18.0 Å². The molecule has 6 nitrogen and oxygen atoms in total. The van der Waals surface area contributed by atoms with E-state index in [1.807, 2.05) is 0 Å². The first-order chi connectivity index (χ1) is 13.8. The number of ether oxygens (including phenoxy) is 1. The monoisotopic (exact) mass is 415 g/mol. The zero-order valence-corrected chi connectivity index (χ0v) is 17.0. The molecule has 0 aliphatic heterocycles. The van der Waals surface area contributed by atoms with Gasteiger partial charge in [0, 0.05) is 24.2 Å². The number of benzene rings is 1. The van der Waals surface area contributed by atoms with Crippen LogP contribution in [0.4, 0.5) is 4.39 Å². The van der Waals surface area contributed by atoms with Gasteiger partial charge >= 0.3 is 0 Å². The molecule has 0 spiro atoms. The second kappa shape index (κ2) is 9.19. The molecule has 0 aliphatic carbocycles. The predicted molar refractivity (Wildman–Crippen MR) is 110 cm³/mol. The fourth-order valence-electron chi connectivity index (χ4n) is 2.51. The van der Waals surface area contributed by atoms with Gasteiger partial charge in [0.15, 0.2) is 5.03 Å². The van der Waals surface area contributed by atoms with E-state index in [0.29, 0.717) is 34.3 Å². The number of thioether (sulfide) groups is 1. The quantitative estimate of drug-likeness (QED) is 0.569. The number of aryl methyl sites for hydroxylation is 1. The number of aliphatic hydroxyl groups is 1. The maximum Gasteiger partial charge on any atom is 0.287 e. The van der Waals surface area contributed by atoms with E-state index in [4.69, 9.17) is 4.74 Å². The zero-order chi connectivity index (χ0) is 20.9. The lowest BCUT2D eigenvalue weighted by atomic mass is 10.2. The summed E-state index contributed by atoms with van der Waals surface area (Å²) in [4.78, 5) is 21.1. The third kappa shape index (κ3) is 5.88. The van der Waals surface area contributed by atoms with Gasteiger partial charge in [0.05, 0.1) is 17.5 Å². The average Bonchev–Trinajstić information content (AvgIpc) is 2.69. The highest BCUT2D eigenvalue weighted by Gasteiger charge is 2.14. The smallest absolute Gasteiger partial charge is 0.287 e. The molecule has 0 radical (unpaired) electrons. The molecule has 0 saturated carbocycles. The molecule has 29 heavy (non-hydrogen) atoms. The molecule has 3 rings (SSSR count). The van der Waals surface area contributed by atoms with Gasteiger partial charge in [-0.2, -0.15) is 0 Å². The second-order valence-electron chi connectivity index (χ2n) is 7.05. The molecule has 2 heterocycles. The molecule has 8 heteroatoms. The number of pyridine rings is 1. The highest BCUT2D eigenvalue weighted by molar-refractivity contribution is 7.99. The van der Waals surface area contributed by atoms with Gasteiger partial charge in [-0.3, -0.25) is 9.36 Å². The van der Waals surface area contributed by atoms with E-state index in [9.17, 15) is 14.3 Å². The van der Waals surface area contributed by atoms with E-state index in [1.54, 1.807) is 56.6 Å². The fourth-order valence-corrected chi connectivity index (χ4v) is 3.38. The molecular weight excluding hydrogens is 393 g/mol. The van der Waals surface area contributed by atoms with Gasteiger partial charge in [-0.1, -0.05) is 18.2 Å². The van der Waals surface area contributed by atoms with Gasteiger partial charge in [-0.15, -0.1) is 11.8 Å². The third-order valence-electron chi connectivity index (χ3n) is 3.95. The van der Waals surface area contributed by atoms with Crippen LogP contribution in [0.3, 0.4) is 0 Å². The first-order valence-corrected chi connectivity index (χ1v) is 10.1. The third-order valence-corrected chi connectivity index (χ3v) is 4.91. The van der Waals surface area contributed by atoms with Gasteiger partial charge in [0.2, 0.25) is 5.88 Å². The Morgan fingerprint density at radius 3 is 2.69 bits per heavy atom. The number of aromatic nitrogens is 3. The second-order valence-corrected chi connectivity index (χ2v) is 8.14. The summed E-state index contributed by atoms with van der Waals surface area (Å²) >= 11 is 1.29. The molecule has 3 aromatic rings. The van der Waals surface area contributed by atoms with Gasteiger partial charge in [0.25, 0.3) is 5.56 Å². The summed E-state index contributed by atoms with van der Waals surface area (Å²) in [6, 6.07) is 9.95. The van der Waals surface area contributed by atoms with Crippen molar-refractivity contribution in [2.45, 2.75) is 30.9 Å². The molecule has 1 aromatic carbocycles. The molecule has 152 valence electrons. The molecule has 0 bridgehead atoms. The first kappa shape index (κ1) is 21.0. The number of hydrogen-bond donors (Lipinski definition) is 1. The summed E-state index contributed by atoms with van der Waals surface area (Å²) in [5, 5.41) is 10.0. The van der Waals surface area contributed by atoms with Crippen molar-refractivity contribution in [3.63, 3.8) is 0 Å². The Balaban J connectivity index is 1.68. The highest BCUT2D eigenvalue weighted by Crippen LogP contribution is 2.17. The minimum Gasteiger partial charge on any atom is -0.475 e. The van der Waals surface area contributed by atoms with E-state index < -0.39 is 5.60 Å². The summed E-state index contributed by atoms with van der Waals surface area (Å²) < 4.78 is 20.6. The number of nitrogens with zero attached hydrogens (tertiary/aromatic N) is 3. The van der Waals surface area contributed by atoms with Crippen LogP contribution in [-0.2, 0) is 6.42 Å². The molecule has 0 unspecified atom stereocenters. The Labute approximate surface area is 172 Å². The number of halogens is 1. The van der Waals surface area contributed by atoms with Crippen LogP contribution in [0, 0.1) is 5.82 Å². The normalized spacial score (nSPS) is 11.4. The van der Waals surface area contributed by atoms with Crippen LogP contribution < -0.4 is 10.3 Å². The summed E-state index contributed by atoms with van der Waals surface area (Å²) in [7, 11) is 0. The van der Waals surface area contributed by atoms with Gasteiger partial charge in [-0.25, -0.2) is 14.4 Å². The van der Waals surface area contributed by atoms with E-state index in [1.165, 1.54) is 28.6 Å². The topological polar surface area (TPSA) is 77.2 Å². The van der Waals surface area contributed by atoms with Crippen molar-refractivity contribution in [3.05, 3.63) is 76.7 Å². The zero-order valence-electron chi connectivity index (χ0n) is 16.2. The highest BCUT2D eigenvalue weighted by atomic mass is 32.2. The molecule has 2 aromatic heterocycles. The van der Waals surface area contributed by atoms with Crippen molar-refractivity contribution in [1.29, 1.82) is 0 Å². The van der Waals surface area contributed by atoms with Crippen LogP contribution in [0.2, 0.25) is 0 Å². The maximum atomic E-state index is 13.7. The van der Waals surface area contributed by atoms with Gasteiger partial charge in [0.1, 0.15) is 12.4 Å². The molecule has 0 amide bonds. The van der Waals surface area contributed by atoms with Crippen LogP contribution in [0.15, 0.2) is 64.8 Å². The van der Waals surface area contributed by atoms with E-state index in [0.717, 1.165) is 0 Å². The molecule has 0 saturated heterocycles. The Kier molecular flexibility index (Phi) is 6.66. The van der Waals surface area contributed by atoms with Crippen molar-refractivity contribution in [2.24, 2.45) is 0 Å². The lowest BCUT2D eigenvalue weighted by molar-refractivity contribution is 0.0268. The summed E-state index contributed by atoms with van der Waals surface area (Å²) in [5.74, 6) is 0.650. The Morgan fingerprint density at radius 2 is 2.00 bits per heavy atom. The minimum atomic E-state index is -0.961. The summed E-state index contributed by atoms with van der Waals surface area (Å²) in [5.41, 5.74) is -0.0407. The SMILES string of the molecule is CC(C)(O)COc1ccc(-n2ccnc(SCCc3ccccc3F)c2=O)cn1. The molecule has 0 fully saturated rings. The van der Waals surface area contributed by atoms with Crippen molar-refractivity contribution < 1.29 is 14.2 Å². The predicted octanol–water partition coefficient (Wildman–Crippen LogP) is 3.25. The van der Waals surface area contributed by atoms with Gasteiger partial charge in [-0.05, 0) is 38.0 Å². The van der Waals surface area contributed by atoms with Crippen molar-refractivity contribution in [3.8, 4) is 11.6 Å². The van der Waals surface area contributed by atoms with E-state index >= 15 is 0 Å². The van der Waals surface area contributed by atoms with Crippen LogP contribution in [0.1, 0.15) is 19.4 Å². The lowest BCUT2D eigenvalue weighted by Gasteiger charge is -2.17. The van der Waals surface area contributed by atoms with Crippen molar-refractivity contribution >= 4 is 11.8 Å². The lowest BCUT2D eigenvalue weighted by Crippen LogP contribution is -2.28. The molecule has 0 aliphatic rings. The molecule has 1 N–H and O–H groups in total. The molecule has 0 atom stereocenters. The molecular formula is C21H22FN3O3S. The summed E-state index contributed by atoms with van der Waals surface area (Å²) in [6.45, 7) is 3.39. The first-order valence-electron chi connectivity index (χ1n) is 9.09. The largest absolute Gasteiger partial charge is 0.475 e. The van der Waals surface area contributed by atoms with Crippen LogP contribution in [0.5, 0.6) is 5.88 Å². The van der Waals surface area contributed by atoms with Crippen LogP contribution in [0.25, 0.3) is 5.69 Å². The Hall–Kier alpha value is -2.71. The fraction of sp³-hybridized carbons (Fsp3) is 0.286. The standard InChI is InChI=1S/C21H22FN3O3S/c1-21(2,27)14-28-18-8-7-16(13-24-18)25-11-10-23-19(20(25)26)29-12-9-15-5-3-4-6-17(15)22/h3-8,10-11,13,27H,9,12,14H2,1-2H3. The Morgan fingerprint density at radius 1 is 1.21 bits per heavy atom. The minimum absolute atomic E-state index is 0.108. The Bertz CT molecular complexity index is 1020. The number of hydrogen-bond acceptors (Lipinski definition) is 6. The summed E-state index contributed by atoms with van der Waals surface area (Å²) in [6.07, 6.45) is 5.14. The van der Waals surface area contributed by atoms with Crippen LogP contribution >= 0.6 is 11.8 Å². The van der Waals surface area contributed by atoms with Crippen molar-refractivity contribution in [2.75, 3.05) is 12.4 Å². The maximum absolute atomic E-state index is 13.7. The van der Waals surface area contributed by atoms with E-state index in [2.05, 4.69) is 9.97 Å². The van der Waals surface area contributed by atoms with Crippen LogP contribution in [-0.4, -0.2) is 37.6 Å². The van der Waals surface area contributed by atoms with Gasteiger partial charge < -0.3 is 9.84 Å².